The van der Waals surface area contributed by atoms with Gasteiger partial charge in [0.05, 0.1) is 11.1 Å². The third kappa shape index (κ3) is 3.60. The molecule has 0 aromatic heterocycles. The summed E-state index contributed by atoms with van der Waals surface area (Å²) >= 11 is 0. The summed E-state index contributed by atoms with van der Waals surface area (Å²) in [5.41, 5.74) is 1.15. The second-order valence-corrected chi connectivity index (χ2v) is 6.04. The molecule has 1 aliphatic heterocycles. The van der Waals surface area contributed by atoms with E-state index >= 15 is 0 Å². The van der Waals surface area contributed by atoms with Crippen molar-refractivity contribution < 1.29 is 14.4 Å². The van der Waals surface area contributed by atoms with Gasteiger partial charge in [-0.15, -0.1) is 0 Å². The minimum atomic E-state index is -0.297. The van der Waals surface area contributed by atoms with Gasteiger partial charge >= 0.3 is 0 Å². The summed E-state index contributed by atoms with van der Waals surface area (Å²) in [6.07, 6.45) is 3.59. The molecule has 2 rings (SSSR count). The molecule has 0 radical (unpaired) electrons. The highest BCUT2D eigenvalue weighted by molar-refractivity contribution is 6.22. The molecule has 0 fully saturated rings. The summed E-state index contributed by atoms with van der Waals surface area (Å²) in [5, 5.41) is 2.91. The maximum atomic E-state index is 12.4. The van der Waals surface area contributed by atoms with Gasteiger partial charge in [0.2, 0.25) is 0 Å². The van der Waals surface area contributed by atoms with Crippen LogP contribution >= 0.6 is 0 Å². The van der Waals surface area contributed by atoms with E-state index < -0.39 is 0 Å². The van der Waals surface area contributed by atoms with Gasteiger partial charge in [-0.3, -0.25) is 19.3 Å². The molecule has 0 saturated heterocycles. The number of carbonyl (C=O) groups excluding carboxylic acids is 3. The number of nitrogens with one attached hydrogen (secondary N) is 1. The summed E-state index contributed by atoms with van der Waals surface area (Å²) in [5.74, 6) is -0.763. The molecule has 23 heavy (non-hydrogen) atoms. The van der Waals surface area contributed by atoms with Crippen LogP contribution in [0.3, 0.4) is 0 Å². The van der Waals surface area contributed by atoms with Crippen LogP contribution in [0.5, 0.6) is 0 Å². The van der Waals surface area contributed by atoms with Crippen molar-refractivity contribution in [2.75, 3.05) is 6.54 Å². The van der Waals surface area contributed by atoms with E-state index in [9.17, 15) is 14.4 Å². The molecular formula is C18H24N2O3. The smallest absolute Gasteiger partial charge is 0.261 e. The van der Waals surface area contributed by atoms with Crippen molar-refractivity contribution in [3.8, 4) is 0 Å². The number of imide groups is 1. The zero-order valence-corrected chi connectivity index (χ0v) is 14.0. The van der Waals surface area contributed by atoms with Crippen molar-refractivity contribution in [3.05, 3.63) is 34.9 Å². The molecule has 1 heterocycles. The highest BCUT2D eigenvalue weighted by Crippen LogP contribution is 2.24. The zero-order chi connectivity index (χ0) is 17.0. The number of rotatable bonds is 7. The average Bonchev–Trinajstić information content (AvgIpc) is 2.76. The standard InChI is InChI=1S/C18H24N2O3/c1-4-6-10-20-17(22)14-9-8-13(11-15(14)18(20)23)16(21)19-12(3)7-5-2/h8-9,11-12H,4-7,10H2,1-3H3,(H,19,21)/t12-/m0/s1. The Morgan fingerprint density at radius 3 is 2.48 bits per heavy atom. The van der Waals surface area contributed by atoms with Crippen molar-refractivity contribution in [2.45, 2.75) is 52.5 Å². The number of nitrogens with zero attached hydrogens (tertiary/aromatic N) is 1. The first-order chi connectivity index (χ1) is 11.0. The van der Waals surface area contributed by atoms with Crippen LogP contribution in [-0.4, -0.2) is 35.2 Å². The molecule has 0 unspecified atom stereocenters. The SMILES string of the molecule is CCCCN1C(=O)c2ccc(C(=O)N[C@@H](C)CCC)cc2C1=O. The fourth-order valence-electron chi connectivity index (χ4n) is 2.76. The fourth-order valence-corrected chi connectivity index (χ4v) is 2.76. The normalized spacial score (nSPS) is 14.8. The molecule has 5 heteroatoms. The minimum absolute atomic E-state index is 0.0825. The first kappa shape index (κ1) is 17.2. The molecule has 3 amide bonds. The second-order valence-electron chi connectivity index (χ2n) is 6.04. The Morgan fingerprint density at radius 1 is 1.13 bits per heavy atom. The van der Waals surface area contributed by atoms with Gasteiger partial charge in [0, 0.05) is 18.2 Å². The number of benzene rings is 1. The fraction of sp³-hybridized carbons (Fsp3) is 0.500. The topological polar surface area (TPSA) is 66.5 Å². The van der Waals surface area contributed by atoms with Crippen LogP contribution in [0.2, 0.25) is 0 Å². The van der Waals surface area contributed by atoms with Gasteiger partial charge in [0.25, 0.3) is 17.7 Å². The molecule has 1 aliphatic rings. The van der Waals surface area contributed by atoms with E-state index in [1.165, 1.54) is 11.0 Å². The summed E-state index contributed by atoms with van der Waals surface area (Å²) < 4.78 is 0. The van der Waals surface area contributed by atoms with Crippen molar-refractivity contribution >= 4 is 17.7 Å². The minimum Gasteiger partial charge on any atom is -0.350 e. The average molecular weight is 316 g/mol. The van der Waals surface area contributed by atoms with E-state index in [0.29, 0.717) is 23.2 Å². The first-order valence-electron chi connectivity index (χ1n) is 8.30. The number of carbonyl (C=O) groups is 3. The number of fused-ring (bicyclic) bond motifs is 1. The van der Waals surface area contributed by atoms with Crippen molar-refractivity contribution in [2.24, 2.45) is 0 Å². The summed E-state index contributed by atoms with van der Waals surface area (Å²) in [6, 6.07) is 4.82. The maximum Gasteiger partial charge on any atom is 0.261 e. The number of hydrogen-bond acceptors (Lipinski definition) is 3. The molecule has 124 valence electrons. The van der Waals surface area contributed by atoms with Crippen LogP contribution in [0.4, 0.5) is 0 Å². The Kier molecular flexibility index (Phi) is 5.53. The maximum absolute atomic E-state index is 12.4. The summed E-state index contributed by atoms with van der Waals surface area (Å²) in [4.78, 5) is 38.2. The second kappa shape index (κ2) is 7.40. The predicted octanol–water partition coefficient (Wildman–Crippen LogP) is 3.00. The van der Waals surface area contributed by atoms with E-state index in [4.69, 9.17) is 0 Å². The lowest BCUT2D eigenvalue weighted by atomic mass is 10.0. The Morgan fingerprint density at radius 2 is 1.83 bits per heavy atom. The van der Waals surface area contributed by atoms with Crippen LogP contribution < -0.4 is 5.32 Å². The Bertz CT molecular complexity index is 625. The molecule has 0 bridgehead atoms. The number of unbranched alkanes of at least 4 members (excludes halogenated alkanes) is 1. The Hall–Kier alpha value is -2.17. The van der Waals surface area contributed by atoms with Crippen LogP contribution in [0.1, 0.15) is 77.5 Å². The van der Waals surface area contributed by atoms with E-state index in [0.717, 1.165) is 25.7 Å². The lowest BCUT2D eigenvalue weighted by Gasteiger charge is -2.13. The van der Waals surface area contributed by atoms with Crippen molar-refractivity contribution in [1.29, 1.82) is 0 Å². The Labute approximate surface area is 137 Å². The van der Waals surface area contributed by atoms with E-state index in [1.54, 1.807) is 12.1 Å². The third-order valence-corrected chi connectivity index (χ3v) is 4.07. The lowest BCUT2D eigenvalue weighted by molar-refractivity contribution is 0.0652. The van der Waals surface area contributed by atoms with Crippen LogP contribution in [0.25, 0.3) is 0 Å². The third-order valence-electron chi connectivity index (χ3n) is 4.07. The largest absolute Gasteiger partial charge is 0.350 e. The predicted molar refractivity (Wildman–Crippen MR) is 88.6 cm³/mol. The van der Waals surface area contributed by atoms with E-state index in [2.05, 4.69) is 12.2 Å². The molecule has 1 N–H and O–H groups in total. The number of amides is 3. The van der Waals surface area contributed by atoms with Gasteiger partial charge in [-0.05, 0) is 38.0 Å². The molecule has 0 saturated carbocycles. The van der Waals surface area contributed by atoms with Crippen LogP contribution in [0.15, 0.2) is 18.2 Å². The quantitative estimate of drug-likeness (QED) is 0.786. The monoisotopic (exact) mass is 316 g/mol. The molecule has 1 aromatic carbocycles. The Balaban J connectivity index is 2.18. The van der Waals surface area contributed by atoms with Gasteiger partial charge in [-0.25, -0.2) is 0 Å². The molecule has 1 aromatic rings. The van der Waals surface area contributed by atoms with Gasteiger partial charge in [0.1, 0.15) is 0 Å². The van der Waals surface area contributed by atoms with Crippen molar-refractivity contribution in [3.63, 3.8) is 0 Å². The molecular weight excluding hydrogens is 292 g/mol. The molecule has 0 spiro atoms. The van der Waals surface area contributed by atoms with Gasteiger partial charge in [-0.2, -0.15) is 0 Å². The zero-order valence-electron chi connectivity index (χ0n) is 14.0. The highest BCUT2D eigenvalue weighted by Gasteiger charge is 2.35. The lowest BCUT2D eigenvalue weighted by Crippen LogP contribution is -2.32. The number of hydrogen-bond donors (Lipinski definition) is 1. The first-order valence-corrected chi connectivity index (χ1v) is 8.30. The summed E-state index contributed by atoms with van der Waals surface area (Å²) in [7, 11) is 0. The van der Waals surface area contributed by atoms with Gasteiger partial charge in [0.15, 0.2) is 0 Å². The highest BCUT2D eigenvalue weighted by atomic mass is 16.2. The van der Waals surface area contributed by atoms with Crippen LogP contribution in [0, 0.1) is 0 Å². The summed E-state index contributed by atoms with van der Waals surface area (Å²) in [6.45, 7) is 6.46. The van der Waals surface area contributed by atoms with Gasteiger partial charge in [-0.1, -0.05) is 26.7 Å². The van der Waals surface area contributed by atoms with Gasteiger partial charge < -0.3 is 5.32 Å². The van der Waals surface area contributed by atoms with E-state index in [-0.39, 0.29) is 23.8 Å². The van der Waals surface area contributed by atoms with Crippen molar-refractivity contribution in [1.82, 2.24) is 10.2 Å². The molecule has 5 nitrogen and oxygen atoms in total. The molecule has 0 aliphatic carbocycles. The van der Waals surface area contributed by atoms with Crippen LogP contribution in [-0.2, 0) is 0 Å². The molecule has 1 atom stereocenters. The van der Waals surface area contributed by atoms with E-state index in [1.807, 2.05) is 13.8 Å².